The third kappa shape index (κ3) is 2.72. The van der Waals surface area contributed by atoms with Gasteiger partial charge < -0.3 is 10.2 Å². The first kappa shape index (κ1) is 13.9. The molecule has 0 spiro atoms. The van der Waals surface area contributed by atoms with Gasteiger partial charge >= 0.3 is 0 Å². The van der Waals surface area contributed by atoms with Gasteiger partial charge in [-0.2, -0.15) is 0 Å². The van der Waals surface area contributed by atoms with E-state index >= 15 is 0 Å². The van der Waals surface area contributed by atoms with Crippen LogP contribution < -0.4 is 10.2 Å². The highest BCUT2D eigenvalue weighted by Crippen LogP contribution is 2.29. The number of piperazine rings is 1. The largest absolute Gasteiger partial charge is 0.366 e. The molecule has 1 atom stereocenters. The maximum Gasteiger partial charge on any atom is 0.0438 e. The van der Waals surface area contributed by atoms with Crippen LogP contribution in [0.25, 0.3) is 0 Å². The Morgan fingerprint density at radius 3 is 2.44 bits per heavy atom. The molecule has 0 saturated carbocycles. The van der Waals surface area contributed by atoms with E-state index in [0.29, 0.717) is 12.0 Å². The number of anilines is 1. The van der Waals surface area contributed by atoms with Crippen LogP contribution in [0.15, 0.2) is 16.6 Å². The minimum Gasteiger partial charge on any atom is -0.366 e. The summed E-state index contributed by atoms with van der Waals surface area (Å²) in [6, 6.07) is 5.20. The summed E-state index contributed by atoms with van der Waals surface area (Å²) >= 11 is 3.65. The summed E-state index contributed by atoms with van der Waals surface area (Å²) in [4.78, 5) is 2.56. The summed E-state index contributed by atoms with van der Waals surface area (Å²) < 4.78 is 1.24. The van der Waals surface area contributed by atoms with E-state index in [1.807, 2.05) is 0 Å². The molecule has 1 aromatic carbocycles. The van der Waals surface area contributed by atoms with E-state index in [9.17, 15) is 0 Å². The van der Waals surface area contributed by atoms with E-state index in [-0.39, 0.29) is 0 Å². The van der Waals surface area contributed by atoms with Crippen molar-refractivity contribution < 1.29 is 0 Å². The number of hydrogen-bond donors (Lipinski definition) is 1. The van der Waals surface area contributed by atoms with E-state index < -0.39 is 0 Å². The smallest absolute Gasteiger partial charge is 0.0438 e. The quantitative estimate of drug-likeness (QED) is 0.899. The molecule has 100 valence electrons. The van der Waals surface area contributed by atoms with Gasteiger partial charge in [0.05, 0.1) is 0 Å². The second-order valence-electron chi connectivity index (χ2n) is 5.60. The number of rotatable bonds is 2. The van der Waals surface area contributed by atoms with E-state index in [0.717, 1.165) is 19.6 Å². The molecule has 1 aromatic rings. The predicted octanol–water partition coefficient (Wildman–Crippen LogP) is 3.50. The van der Waals surface area contributed by atoms with Crippen molar-refractivity contribution in [3.05, 3.63) is 27.7 Å². The van der Waals surface area contributed by atoms with Crippen molar-refractivity contribution in [2.24, 2.45) is 5.92 Å². The molecule has 0 aliphatic carbocycles. The van der Waals surface area contributed by atoms with Crippen LogP contribution in [0.3, 0.4) is 0 Å². The zero-order chi connectivity index (χ0) is 13.3. The summed E-state index contributed by atoms with van der Waals surface area (Å²) in [6.07, 6.45) is 0. The second-order valence-corrected chi connectivity index (χ2v) is 6.40. The van der Waals surface area contributed by atoms with Crippen molar-refractivity contribution >= 4 is 21.6 Å². The lowest BCUT2D eigenvalue weighted by atomic mass is 9.99. The first-order valence-corrected chi connectivity index (χ1v) is 7.54. The van der Waals surface area contributed by atoms with Gasteiger partial charge in [-0.15, -0.1) is 0 Å². The Hall–Kier alpha value is -0.540. The van der Waals surface area contributed by atoms with Crippen LogP contribution in [0.5, 0.6) is 0 Å². The first-order chi connectivity index (χ1) is 8.50. The van der Waals surface area contributed by atoms with Gasteiger partial charge in [0.25, 0.3) is 0 Å². The van der Waals surface area contributed by atoms with Gasteiger partial charge in [-0.3, -0.25) is 0 Å². The molecular formula is C15H23BrN2. The van der Waals surface area contributed by atoms with Gasteiger partial charge in [0, 0.05) is 35.8 Å². The van der Waals surface area contributed by atoms with Crippen LogP contribution in [0.2, 0.25) is 0 Å². The number of halogens is 1. The second kappa shape index (κ2) is 5.62. The van der Waals surface area contributed by atoms with Gasteiger partial charge in [-0.25, -0.2) is 0 Å². The van der Waals surface area contributed by atoms with Gasteiger partial charge in [0.2, 0.25) is 0 Å². The molecule has 1 fully saturated rings. The molecule has 0 aromatic heterocycles. The molecule has 1 unspecified atom stereocenters. The molecule has 2 rings (SSSR count). The Morgan fingerprint density at radius 1 is 1.28 bits per heavy atom. The van der Waals surface area contributed by atoms with E-state index in [2.05, 4.69) is 66.0 Å². The fourth-order valence-electron chi connectivity index (χ4n) is 2.73. The maximum absolute atomic E-state index is 3.65. The van der Waals surface area contributed by atoms with Gasteiger partial charge in [-0.05, 0) is 43.0 Å². The summed E-state index contributed by atoms with van der Waals surface area (Å²) in [5, 5.41) is 3.51. The van der Waals surface area contributed by atoms with E-state index in [4.69, 9.17) is 0 Å². The summed E-state index contributed by atoms with van der Waals surface area (Å²) in [5.74, 6) is 0.669. The molecule has 0 bridgehead atoms. The molecule has 1 N–H and O–H groups in total. The molecule has 1 saturated heterocycles. The zero-order valence-electron chi connectivity index (χ0n) is 11.8. The van der Waals surface area contributed by atoms with Gasteiger partial charge in [0.1, 0.15) is 0 Å². The van der Waals surface area contributed by atoms with Crippen LogP contribution in [-0.4, -0.2) is 25.7 Å². The minimum atomic E-state index is 0.596. The maximum atomic E-state index is 3.65. The van der Waals surface area contributed by atoms with E-state index in [1.165, 1.54) is 21.3 Å². The Labute approximate surface area is 119 Å². The molecule has 3 heteroatoms. The summed E-state index contributed by atoms with van der Waals surface area (Å²) in [5.41, 5.74) is 4.02. The molecule has 1 aliphatic rings. The van der Waals surface area contributed by atoms with E-state index in [1.54, 1.807) is 0 Å². The molecule has 18 heavy (non-hydrogen) atoms. The molecule has 0 radical (unpaired) electrons. The highest BCUT2D eigenvalue weighted by atomic mass is 79.9. The number of hydrogen-bond acceptors (Lipinski definition) is 2. The molecule has 0 amide bonds. The first-order valence-electron chi connectivity index (χ1n) is 6.75. The average Bonchev–Trinajstić information content (AvgIpc) is 2.35. The monoisotopic (exact) mass is 310 g/mol. The third-order valence-corrected chi connectivity index (χ3v) is 5.06. The Morgan fingerprint density at radius 2 is 1.89 bits per heavy atom. The summed E-state index contributed by atoms with van der Waals surface area (Å²) in [7, 11) is 0. The van der Waals surface area contributed by atoms with Crippen molar-refractivity contribution in [1.82, 2.24) is 5.32 Å². The highest BCUT2D eigenvalue weighted by Gasteiger charge is 2.25. The van der Waals surface area contributed by atoms with Crippen LogP contribution >= 0.6 is 15.9 Å². The van der Waals surface area contributed by atoms with Crippen LogP contribution in [0, 0.1) is 19.8 Å². The molecule has 1 heterocycles. The highest BCUT2D eigenvalue weighted by molar-refractivity contribution is 9.10. The van der Waals surface area contributed by atoms with Crippen LogP contribution in [0.4, 0.5) is 5.69 Å². The Kier molecular flexibility index (Phi) is 4.33. The lowest BCUT2D eigenvalue weighted by Gasteiger charge is -2.40. The number of nitrogens with one attached hydrogen (secondary N) is 1. The van der Waals surface area contributed by atoms with Gasteiger partial charge in [-0.1, -0.05) is 29.8 Å². The molecular weight excluding hydrogens is 288 g/mol. The van der Waals surface area contributed by atoms with Crippen molar-refractivity contribution in [3.63, 3.8) is 0 Å². The SMILES string of the molecule is Cc1cc(N2CCNCC2C(C)C)cc(C)c1Br. The molecule has 2 nitrogen and oxygen atoms in total. The number of benzene rings is 1. The standard InChI is InChI=1S/C15H23BrN2/c1-10(2)14-9-17-5-6-18(14)13-7-11(3)15(16)12(4)8-13/h7-8,10,14,17H,5-6,9H2,1-4H3. The number of aryl methyl sites for hydroxylation is 2. The third-order valence-electron chi connectivity index (χ3n) is 3.81. The molecule has 1 aliphatic heterocycles. The van der Waals surface area contributed by atoms with Gasteiger partial charge in [0.15, 0.2) is 0 Å². The fourth-order valence-corrected chi connectivity index (χ4v) is 2.96. The minimum absolute atomic E-state index is 0.596. The van der Waals surface area contributed by atoms with Crippen LogP contribution in [0.1, 0.15) is 25.0 Å². The number of nitrogens with zero attached hydrogens (tertiary/aromatic N) is 1. The van der Waals surface area contributed by atoms with Crippen LogP contribution in [-0.2, 0) is 0 Å². The van der Waals surface area contributed by atoms with Crippen molar-refractivity contribution in [2.75, 3.05) is 24.5 Å². The lowest BCUT2D eigenvalue weighted by Crippen LogP contribution is -2.53. The van der Waals surface area contributed by atoms with Crippen molar-refractivity contribution in [2.45, 2.75) is 33.7 Å². The average molecular weight is 311 g/mol. The Balaban J connectivity index is 2.34. The normalized spacial score (nSPS) is 20.6. The lowest BCUT2D eigenvalue weighted by molar-refractivity contribution is 0.390. The van der Waals surface area contributed by atoms with Crippen molar-refractivity contribution in [3.8, 4) is 0 Å². The summed E-state index contributed by atoms with van der Waals surface area (Å²) in [6.45, 7) is 12.2. The zero-order valence-corrected chi connectivity index (χ0v) is 13.3. The van der Waals surface area contributed by atoms with Crippen molar-refractivity contribution in [1.29, 1.82) is 0 Å². The Bertz CT molecular complexity index is 405. The fraction of sp³-hybridized carbons (Fsp3) is 0.600. The predicted molar refractivity (Wildman–Crippen MR) is 82.5 cm³/mol. The topological polar surface area (TPSA) is 15.3 Å².